The van der Waals surface area contributed by atoms with Gasteiger partial charge in [-0.05, 0) is 61.7 Å². The normalized spacial score (nSPS) is 13.8. The highest BCUT2D eigenvalue weighted by Gasteiger charge is 2.31. The van der Waals surface area contributed by atoms with Gasteiger partial charge in [0.1, 0.15) is 17.3 Å². The highest BCUT2D eigenvalue weighted by Crippen LogP contribution is 2.33. The first-order chi connectivity index (χ1) is 18.0. The van der Waals surface area contributed by atoms with E-state index in [1.165, 1.54) is 0 Å². The first kappa shape index (κ1) is 24.2. The van der Waals surface area contributed by atoms with E-state index in [4.69, 9.17) is 9.84 Å². The molecule has 1 saturated heterocycles. The van der Waals surface area contributed by atoms with Gasteiger partial charge in [0.05, 0.1) is 18.4 Å². The molecule has 4 aromatic rings. The second-order valence-corrected chi connectivity index (χ2v) is 9.15. The first-order valence-corrected chi connectivity index (χ1v) is 12.3. The van der Waals surface area contributed by atoms with Crippen molar-refractivity contribution in [2.45, 2.75) is 19.8 Å². The van der Waals surface area contributed by atoms with Crippen molar-refractivity contribution < 1.29 is 14.3 Å². The molecule has 2 aromatic heterocycles. The SMILES string of the molecule is COc1ccccc1-c1nn(-c2ccccc2)cc1C(=O)N1CCC(C(=O)Nc2cc(C)ccn2)CC1. The van der Waals surface area contributed by atoms with Crippen molar-refractivity contribution in [1.29, 1.82) is 0 Å². The molecule has 0 radical (unpaired) electrons. The first-order valence-electron chi connectivity index (χ1n) is 12.3. The molecule has 1 N–H and O–H groups in total. The molecule has 188 valence electrons. The maximum atomic E-state index is 13.8. The van der Waals surface area contributed by atoms with Crippen molar-refractivity contribution in [3.63, 3.8) is 0 Å². The van der Waals surface area contributed by atoms with E-state index >= 15 is 0 Å². The van der Waals surface area contributed by atoms with Gasteiger partial charge in [0.25, 0.3) is 5.91 Å². The van der Waals surface area contributed by atoms with Crippen molar-refractivity contribution in [3.8, 4) is 22.7 Å². The van der Waals surface area contributed by atoms with Crippen molar-refractivity contribution in [2.75, 3.05) is 25.5 Å². The summed E-state index contributed by atoms with van der Waals surface area (Å²) in [5, 5.41) is 7.70. The molecule has 1 aliphatic heterocycles. The molecule has 1 fully saturated rings. The summed E-state index contributed by atoms with van der Waals surface area (Å²) in [6, 6.07) is 21.0. The molecule has 0 unspecified atom stereocenters. The number of likely N-dealkylation sites (tertiary alicyclic amines) is 1. The molecule has 0 bridgehead atoms. The van der Waals surface area contributed by atoms with Crippen LogP contribution in [0.15, 0.2) is 79.1 Å². The third-order valence-corrected chi connectivity index (χ3v) is 6.65. The van der Waals surface area contributed by atoms with Crippen LogP contribution in [0, 0.1) is 12.8 Å². The van der Waals surface area contributed by atoms with E-state index in [0.717, 1.165) is 16.8 Å². The second kappa shape index (κ2) is 10.7. The van der Waals surface area contributed by atoms with Crippen LogP contribution in [0.25, 0.3) is 16.9 Å². The summed E-state index contributed by atoms with van der Waals surface area (Å²) in [6.45, 7) is 2.93. The van der Waals surface area contributed by atoms with Crippen LogP contribution in [0.1, 0.15) is 28.8 Å². The number of ether oxygens (including phenoxy) is 1. The molecular weight excluding hydrogens is 466 g/mol. The summed E-state index contributed by atoms with van der Waals surface area (Å²) in [4.78, 5) is 32.6. The number of pyridine rings is 1. The predicted molar refractivity (Wildman–Crippen MR) is 142 cm³/mol. The molecule has 0 atom stereocenters. The number of carbonyl (C=O) groups is 2. The quantitative estimate of drug-likeness (QED) is 0.417. The highest BCUT2D eigenvalue weighted by molar-refractivity contribution is 6.01. The van der Waals surface area contributed by atoms with Gasteiger partial charge in [-0.25, -0.2) is 9.67 Å². The predicted octanol–water partition coefficient (Wildman–Crippen LogP) is 4.74. The molecule has 3 heterocycles. The summed E-state index contributed by atoms with van der Waals surface area (Å²) in [5.41, 5.74) is 3.71. The Kier molecular flexibility index (Phi) is 6.98. The average molecular weight is 496 g/mol. The summed E-state index contributed by atoms with van der Waals surface area (Å²) in [7, 11) is 1.61. The Morgan fingerprint density at radius 1 is 1.00 bits per heavy atom. The fraction of sp³-hybridized carbons (Fsp3) is 0.241. The number of nitrogens with zero attached hydrogens (tertiary/aromatic N) is 4. The number of hydrogen-bond donors (Lipinski definition) is 1. The Hall–Kier alpha value is -4.46. The fourth-order valence-corrected chi connectivity index (χ4v) is 4.63. The van der Waals surface area contributed by atoms with Crippen LogP contribution >= 0.6 is 0 Å². The van der Waals surface area contributed by atoms with Gasteiger partial charge in [0.2, 0.25) is 5.91 Å². The molecule has 1 aliphatic rings. The molecular formula is C29H29N5O3. The van der Waals surface area contributed by atoms with Gasteiger partial charge >= 0.3 is 0 Å². The summed E-state index contributed by atoms with van der Waals surface area (Å²) >= 11 is 0. The topological polar surface area (TPSA) is 89.4 Å². The van der Waals surface area contributed by atoms with E-state index in [1.807, 2.05) is 73.7 Å². The van der Waals surface area contributed by atoms with Crippen LogP contribution < -0.4 is 10.1 Å². The maximum Gasteiger partial charge on any atom is 0.257 e. The largest absolute Gasteiger partial charge is 0.496 e. The number of piperidine rings is 1. The van der Waals surface area contributed by atoms with Gasteiger partial charge in [0, 0.05) is 37.0 Å². The van der Waals surface area contributed by atoms with Gasteiger partial charge in [-0.3, -0.25) is 9.59 Å². The van der Waals surface area contributed by atoms with Gasteiger partial charge in [-0.15, -0.1) is 0 Å². The van der Waals surface area contributed by atoms with Gasteiger partial charge in [-0.2, -0.15) is 5.10 Å². The number of methoxy groups -OCH3 is 1. The zero-order chi connectivity index (χ0) is 25.8. The minimum Gasteiger partial charge on any atom is -0.496 e. The number of benzene rings is 2. The van der Waals surface area contributed by atoms with Crippen molar-refractivity contribution in [2.24, 2.45) is 5.92 Å². The number of hydrogen-bond acceptors (Lipinski definition) is 5. The Balaban J connectivity index is 1.36. The van der Waals surface area contributed by atoms with Gasteiger partial charge in [-0.1, -0.05) is 30.3 Å². The number of carbonyl (C=O) groups excluding carboxylic acids is 2. The molecule has 2 aromatic carbocycles. The monoisotopic (exact) mass is 495 g/mol. The number of aromatic nitrogens is 3. The Bertz CT molecular complexity index is 1410. The van der Waals surface area contributed by atoms with E-state index in [2.05, 4.69) is 10.3 Å². The minimum absolute atomic E-state index is 0.0585. The van der Waals surface area contributed by atoms with E-state index in [1.54, 1.807) is 29.1 Å². The van der Waals surface area contributed by atoms with Crippen LogP contribution in [0.5, 0.6) is 5.75 Å². The molecule has 2 amide bonds. The Labute approximate surface area is 215 Å². The molecule has 8 nitrogen and oxygen atoms in total. The van der Waals surface area contributed by atoms with Crippen LogP contribution in [0.3, 0.4) is 0 Å². The van der Waals surface area contributed by atoms with Gasteiger partial charge < -0.3 is 15.0 Å². The van der Waals surface area contributed by atoms with Crippen molar-refractivity contribution in [1.82, 2.24) is 19.7 Å². The zero-order valence-electron chi connectivity index (χ0n) is 20.9. The van der Waals surface area contributed by atoms with E-state index in [-0.39, 0.29) is 17.7 Å². The van der Waals surface area contributed by atoms with Gasteiger partial charge in [0.15, 0.2) is 0 Å². The van der Waals surface area contributed by atoms with Crippen LogP contribution in [-0.4, -0.2) is 51.7 Å². The second-order valence-electron chi connectivity index (χ2n) is 9.15. The van der Waals surface area contributed by atoms with E-state index in [9.17, 15) is 9.59 Å². The van der Waals surface area contributed by atoms with Crippen molar-refractivity contribution in [3.05, 3.63) is 90.3 Å². The lowest BCUT2D eigenvalue weighted by molar-refractivity contribution is -0.121. The number of amides is 2. The lowest BCUT2D eigenvalue weighted by Crippen LogP contribution is -2.41. The molecule has 8 heteroatoms. The fourth-order valence-electron chi connectivity index (χ4n) is 4.63. The Morgan fingerprint density at radius 3 is 2.46 bits per heavy atom. The van der Waals surface area contributed by atoms with Crippen LogP contribution in [0.2, 0.25) is 0 Å². The Morgan fingerprint density at radius 2 is 1.73 bits per heavy atom. The third-order valence-electron chi connectivity index (χ3n) is 6.65. The summed E-state index contributed by atoms with van der Waals surface area (Å²) in [6.07, 6.45) is 4.63. The average Bonchev–Trinajstić information content (AvgIpc) is 3.38. The molecule has 0 aliphatic carbocycles. The van der Waals surface area contributed by atoms with E-state index < -0.39 is 0 Å². The van der Waals surface area contributed by atoms with Crippen LogP contribution in [-0.2, 0) is 4.79 Å². The standard InChI is InChI=1S/C29H29N5O3/c1-20-12-15-30-26(18-20)31-28(35)21-13-16-33(17-14-21)29(36)24-19-34(22-8-4-3-5-9-22)32-27(24)23-10-6-7-11-25(23)37-2/h3-12,15,18-19,21H,13-14,16-17H2,1-2H3,(H,30,31,35). The summed E-state index contributed by atoms with van der Waals surface area (Å²) < 4.78 is 7.29. The van der Waals surface area contributed by atoms with E-state index in [0.29, 0.717) is 48.8 Å². The minimum atomic E-state index is -0.174. The van der Waals surface area contributed by atoms with Crippen molar-refractivity contribution >= 4 is 17.6 Å². The zero-order valence-corrected chi connectivity index (χ0v) is 20.9. The number of aryl methyl sites for hydroxylation is 1. The number of para-hydroxylation sites is 2. The summed E-state index contributed by atoms with van der Waals surface area (Å²) in [5.74, 6) is 0.861. The van der Waals surface area contributed by atoms with Crippen LogP contribution in [0.4, 0.5) is 5.82 Å². The number of anilines is 1. The third kappa shape index (κ3) is 5.23. The number of nitrogens with one attached hydrogen (secondary N) is 1. The smallest absolute Gasteiger partial charge is 0.257 e. The molecule has 0 spiro atoms. The maximum absolute atomic E-state index is 13.8. The number of rotatable bonds is 6. The molecule has 37 heavy (non-hydrogen) atoms. The molecule has 0 saturated carbocycles. The lowest BCUT2D eigenvalue weighted by Gasteiger charge is -2.31. The molecule has 5 rings (SSSR count). The lowest BCUT2D eigenvalue weighted by atomic mass is 9.95. The highest BCUT2D eigenvalue weighted by atomic mass is 16.5.